The summed E-state index contributed by atoms with van der Waals surface area (Å²) in [6, 6.07) is 0. The summed E-state index contributed by atoms with van der Waals surface area (Å²) in [6.45, 7) is 5.78. The van der Waals surface area contributed by atoms with Crippen molar-refractivity contribution in [3.63, 3.8) is 0 Å². The molecule has 0 amide bonds. The van der Waals surface area contributed by atoms with Crippen LogP contribution in [0.4, 0.5) is 0 Å². The van der Waals surface area contributed by atoms with Gasteiger partial charge in [0.1, 0.15) is 0 Å². The Bertz CT molecular complexity index is 336. The molecular formula is C8H18N8. The minimum Gasteiger partial charge on any atom is -0.369 e. The lowest BCUT2D eigenvalue weighted by molar-refractivity contribution is 0.596. The van der Waals surface area contributed by atoms with Gasteiger partial charge in [0.25, 0.3) is 0 Å². The SMILES string of the molecule is CC(C)(C)C(/C=N/N=C(N)N)=N\N=C(N)N. The molecule has 0 aromatic heterocycles. The Kier molecular flexibility index (Phi) is 4.93. The van der Waals surface area contributed by atoms with Crippen LogP contribution in [0.25, 0.3) is 0 Å². The van der Waals surface area contributed by atoms with E-state index >= 15 is 0 Å². The second kappa shape index (κ2) is 5.69. The number of hydrogen-bond acceptors (Lipinski definition) is 4. The van der Waals surface area contributed by atoms with Gasteiger partial charge in [0.05, 0.1) is 11.9 Å². The first-order valence-electron chi connectivity index (χ1n) is 4.52. The molecule has 16 heavy (non-hydrogen) atoms. The first-order chi connectivity index (χ1) is 7.23. The number of guanidine groups is 2. The van der Waals surface area contributed by atoms with Gasteiger partial charge in [-0.25, -0.2) is 0 Å². The quantitative estimate of drug-likeness (QED) is 0.274. The van der Waals surface area contributed by atoms with Gasteiger partial charge >= 0.3 is 0 Å². The summed E-state index contributed by atoms with van der Waals surface area (Å²) in [5.41, 5.74) is 20.8. The maximum absolute atomic E-state index is 5.17. The summed E-state index contributed by atoms with van der Waals surface area (Å²) in [7, 11) is 0. The lowest BCUT2D eigenvalue weighted by Crippen LogP contribution is -2.25. The van der Waals surface area contributed by atoms with Gasteiger partial charge < -0.3 is 22.9 Å². The van der Waals surface area contributed by atoms with E-state index < -0.39 is 0 Å². The smallest absolute Gasteiger partial charge is 0.211 e. The van der Waals surface area contributed by atoms with Gasteiger partial charge in [-0.2, -0.15) is 5.10 Å². The fourth-order valence-electron chi connectivity index (χ4n) is 0.631. The number of rotatable bonds is 3. The van der Waals surface area contributed by atoms with Crippen molar-refractivity contribution in [1.29, 1.82) is 0 Å². The van der Waals surface area contributed by atoms with Crippen molar-refractivity contribution in [3.05, 3.63) is 0 Å². The lowest BCUT2D eigenvalue weighted by atomic mass is 9.91. The molecule has 0 spiro atoms. The highest BCUT2D eigenvalue weighted by molar-refractivity contribution is 6.32. The van der Waals surface area contributed by atoms with Crippen molar-refractivity contribution in [2.45, 2.75) is 20.8 Å². The minimum absolute atomic E-state index is 0.128. The average molecular weight is 226 g/mol. The molecule has 0 aromatic rings. The van der Waals surface area contributed by atoms with Crippen LogP contribution >= 0.6 is 0 Å². The van der Waals surface area contributed by atoms with Crippen LogP contribution in [0.5, 0.6) is 0 Å². The molecule has 0 saturated heterocycles. The van der Waals surface area contributed by atoms with E-state index in [0.717, 1.165) is 0 Å². The summed E-state index contributed by atoms with van der Waals surface area (Å²) in [6.07, 6.45) is 1.40. The van der Waals surface area contributed by atoms with Crippen molar-refractivity contribution in [1.82, 2.24) is 0 Å². The van der Waals surface area contributed by atoms with Gasteiger partial charge in [0.2, 0.25) is 11.9 Å². The summed E-state index contributed by atoms with van der Waals surface area (Å²) in [5.74, 6) is -0.261. The monoisotopic (exact) mass is 226 g/mol. The molecule has 0 fully saturated rings. The van der Waals surface area contributed by atoms with Gasteiger partial charge in [-0.3, -0.25) is 0 Å². The van der Waals surface area contributed by atoms with Gasteiger partial charge in [-0.15, -0.1) is 15.3 Å². The Hall–Kier alpha value is -2.12. The molecule has 8 nitrogen and oxygen atoms in total. The Morgan fingerprint density at radius 2 is 1.38 bits per heavy atom. The van der Waals surface area contributed by atoms with E-state index in [1.165, 1.54) is 6.21 Å². The third kappa shape index (κ3) is 6.35. The van der Waals surface area contributed by atoms with Crippen molar-refractivity contribution in [2.75, 3.05) is 0 Å². The van der Waals surface area contributed by atoms with Crippen LogP contribution in [0.2, 0.25) is 0 Å². The van der Waals surface area contributed by atoms with E-state index in [0.29, 0.717) is 5.71 Å². The maximum Gasteiger partial charge on any atom is 0.211 e. The molecule has 0 radical (unpaired) electrons. The third-order valence-corrected chi connectivity index (χ3v) is 1.39. The highest BCUT2D eigenvalue weighted by Crippen LogP contribution is 2.15. The van der Waals surface area contributed by atoms with Crippen molar-refractivity contribution in [3.8, 4) is 0 Å². The average Bonchev–Trinajstić information content (AvgIpc) is 2.07. The summed E-state index contributed by atoms with van der Waals surface area (Å²) >= 11 is 0. The molecule has 0 atom stereocenters. The fraction of sp³-hybridized carbons (Fsp3) is 0.500. The second-order valence-electron chi connectivity index (χ2n) is 4.03. The second-order valence-corrected chi connectivity index (χ2v) is 4.03. The highest BCUT2D eigenvalue weighted by atomic mass is 15.3. The molecule has 0 aliphatic heterocycles. The normalized spacial score (nSPS) is 12.6. The molecule has 0 aromatic carbocycles. The Balaban J connectivity index is 4.99. The Morgan fingerprint density at radius 1 is 0.875 bits per heavy atom. The van der Waals surface area contributed by atoms with Crippen molar-refractivity contribution in [2.24, 2.45) is 48.8 Å². The standard InChI is InChI=1S/C8H18N8/c1-8(2,3)5(14-16-7(11)12)4-13-15-6(9)10/h4H,1-3H3,(H4,9,10,15)(H4,11,12,16)/b13-4+,14-5-. The molecule has 0 heterocycles. The molecule has 0 aliphatic carbocycles. The van der Waals surface area contributed by atoms with Gasteiger partial charge in [-0.05, 0) is 0 Å². The molecular weight excluding hydrogens is 208 g/mol. The predicted molar refractivity (Wildman–Crippen MR) is 67.0 cm³/mol. The van der Waals surface area contributed by atoms with Crippen LogP contribution in [0, 0.1) is 5.41 Å². The molecule has 90 valence electrons. The number of hydrogen-bond donors (Lipinski definition) is 4. The molecule has 0 aliphatic rings. The minimum atomic E-state index is -0.276. The van der Waals surface area contributed by atoms with E-state index in [1.807, 2.05) is 20.8 Å². The van der Waals surface area contributed by atoms with Crippen LogP contribution in [-0.4, -0.2) is 23.8 Å². The first-order valence-corrected chi connectivity index (χ1v) is 4.52. The fourth-order valence-corrected chi connectivity index (χ4v) is 0.631. The van der Waals surface area contributed by atoms with E-state index in [4.69, 9.17) is 22.9 Å². The van der Waals surface area contributed by atoms with Gasteiger partial charge in [-0.1, -0.05) is 20.8 Å². The van der Waals surface area contributed by atoms with Gasteiger partial charge in [0.15, 0.2) is 0 Å². The lowest BCUT2D eigenvalue weighted by Gasteiger charge is -2.16. The molecule has 0 rings (SSSR count). The largest absolute Gasteiger partial charge is 0.369 e. The molecule has 8 heteroatoms. The molecule has 0 bridgehead atoms. The predicted octanol–water partition coefficient (Wildman–Crippen LogP) is -1.08. The third-order valence-electron chi connectivity index (χ3n) is 1.39. The zero-order valence-electron chi connectivity index (χ0n) is 9.68. The zero-order chi connectivity index (χ0) is 12.8. The zero-order valence-corrected chi connectivity index (χ0v) is 9.68. The van der Waals surface area contributed by atoms with Gasteiger partial charge in [0, 0.05) is 5.41 Å². The van der Waals surface area contributed by atoms with Crippen LogP contribution in [0.15, 0.2) is 20.4 Å². The first kappa shape index (κ1) is 13.9. The molecule has 8 N–H and O–H groups in total. The van der Waals surface area contributed by atoms with E-state index in [1.54, 1.807) is 0 Å². The van der Waals surface area contributed by atoms with E-state index in [-0.39, 0.29) is 17.3 Å². The number of nitrogens with two attached hydrogens (primary N) is 4. The summed E-state index contributed by atoms with van der Waals surface area (Å²) in [4.78, 5) is 0. The highest BCUT2D eigenvalue weighted by Gasteiger charge is 2.17. The summed E-state index contributed by atoms with van der Waals surface area (Å²) < 4.78 is 0. The molecule has 0 unspecified atom stereocenters. The van der Waals surface area contributed by atoms with Crippen molar-refractivity contribution < 1.29 is 0 Å². The van der Waals surface area contributed by atoms with Crippen LogP contribution in [0.3, 0.4) is 0 Å². The van der Waals surface area contributed by atoms with Crippen molar-refractivity contribution >= 4 is 23.8 Å². The Morgan fingerprint density at radius 3 is 1.75 bits per heavy atom. The van der Waals surface area contributed by atoms with E-state index in [9.17, 15) is 0 Å². The van der Waals surface area contributed by atoms with Crippen LogP contribution in [0.1, 0.15) is 20.8 Å². The number of nitrogens with zero attached hydrogens (tertiary/aromatic N) is 4. The topological polar surface area (TPSA) is 154 Å². The van der Waals surface area contributed by atoms with E-state index in [2.05, 4.69) is 20.4 Å². The maximum atomic E-state index is 5.17. The Labute approximate surface area is 94.2 Å². The van der Waals surface area contributed by atoms with Crippen LogP contribution < -0.4 is 22.9 Å². The molecule has 0 saturated carbocycles. The summed E-state index contributed by atoms with van der Waals surface area (Å²) in [5, 5.41) is 14.5. The van der Waals surface area contributed by atoms with Crippen LogP contribution in [-0.2, 0) is 0 Å².